The molecule has 27 heavy (non-hydrogen) atoms. The van der Waals surface area contributed by atoms with Crippen molar-refractivity contribution in [1.82, 2.24) is 14.9 Å². The quantitative estimate of drug-likeness (QED) is 0.403. The van der Waals surface area contributed by atoms with E-state index in [0.29, 0.717) is 0 Å². The van der Waals surface area contributed by atoms with E-state index in [4.69, 9.17) is 4.74 Å². The van der Waals surface area contributed by atoms with Gasteiger partial charge >= 0.3 is 11.7 Å². The number of carbonyl (C=O) groups is 1. The molecule has 0 bridgehead atoms. The number of aliphatic carboxylic acids is 1. The minimum Gasteiger partial charge on any atom is -0.480 e. The maximum absolute atomic E-state index is 11.9. The maximum atomic E-state index is 11.9. The lowest BCUT2D eigenvalue weighted by molar-refractivity contribution is -0.146. The van der Waals surface area contributed by atoms with Crippen LogP contribution in [0.25, 0.3) is 0 Å². The zero-order valence-corrected chi connectivity index (χ0v) is 14.1. The molecule has 1 aliphatic heterocycles. The van der Waals surface area contributed by atoms with Crippen molar-refractivity contribution in [2.24, 2.45) is 0 Å². The van der Waals surface area contributed by atoms with Gasteiger partial charge in [0.15, 0.2) is 6.23 Å². The van der Waals surface area contributed by atoms with Crippen LogP contribution >= 0.6 is 0 Å². The molecule has 10 nitrogen and oxygen atoms in total. The summed E-state index contributed by atoms with van der Waals surface area (Å²) in [4.78, 5) is 36.8. The number of nitrogens with one attached hydrogen (secondary N) is 2. The molecule has 5 N–H and O–H groups in total. The second-order valence-corrected chi connectivity index (χ2v) is 6.17. The van der Waals surface area contributed by atoms with Gasteiger partial charge in [-0.1, -0.05) is 30.3 Å². The largest absolute Gasteiger partial charge is 0.480 e. The Morgan fingerprint density at radius 2 is 1.89 bits per heavy atom. The summed E-state index contributed by atoms with van der Waals surface area (Å²) in [6.07, 6.45) is -4.66. The van der Waals surface area contributed by atoms with E-state index in [-0.39, 0.29) is 6.54 Å². The highest BCUT2D eigenvalue weighted by molar-refractivity contribution is 5.74. The third-order valence-electron chi connectivity index (χ3n) is 4.36. The van der Waals surface area contributed by atoms with Gasteiger partial charge in [0.05, 0.1) is 0 Å². The van der Waals surface area contributed by atoms with Crippen molar-refractivity contribution in [2.75, 3.05) is 0 Å². The van der Waals surface area contributed by atoms with Crippen molar-refractivity contribution in [2.45, 2.75) is 37.1 Å². The Bertz CT molecular complexity index is 910. The number of H-pyrrole nitrogens is 1. The lowest BCUT2D eigenvalue weighted by atomic mass is 10.0. The average Bonchev–Trinajstić information content (AvgIpc) is 2.92. The van der Waals surface area contributed by atoms with Crippen molar-refractivity contribution >= 4 is 5.97 Å². The van der Waals surface area contributed by atoms with Crippen LogP contribution in [0.4, 0.5) is 0 Å². The molecule has 1 aromatic carbocycles. The number of rotatable bonds is 6. The van der Waals surface area contributed by atoms with Crippen LogP contribution in [0, 0.1) is 0 Å². The number of nitrogens with zero attached hydrogens (tertiary/aromatic N) is 1. The van der Waals surface area contributed by atoms with Crippen molar-refractivity contribution in [1.29, 1.82) is 0 Å². The molecule has 0 aliphatic carbocycles. The molecule has 1 unspecified atom stereocenters. The molecule has 1 aromatic heterocycles. The van der Waals surface area contributed by atoms with Gasteiger partial charge in [0.2, 0.25) is 0 Å². The van der Waals surface area contributed by atoms with E-state index in [1.54, 1.807) is 24.3 Å². The molecule has 1 aliphatic rings. The summed E-state index contributed by atoms with van der Waals surface area (Å²) in [6.45, 7) is 0.198. The van der Waals surface area contributed by atoms with Gasteiger partial charge in [-0.2, -0.15) is 0 Å². The van der Waals surface area contributed by atoms with Crippen LogP contribution < -0.4 is 16.6 Å². The lowest BCUT2D eigenvalue weighted by Crippen LogP contribution is -2.51. The average molecular weight is 377 g/mol. The van der Waals surface area contributed by atoms with Gasteiger partial charge in [-0.3, -0.25) is 24.5 Å². The second kappa shape index (κ2) is 7.84. The first-order valence-electron chi connectivity index (χ1n) is 8.21. The highest BCUT2D eigenvalue weighted by Crippen LogP contribution is 2.30. The summed E-state index contributed by atoms with van der Waals surface area (Å²) in [5.74, 6) is -1.28. The van der Waals surface area contributed by atoms with E-state index in [0.717, 1.165) is 22.4 Å². The number of hydrogen-bond donors (Lipinski definition) is 5. The highest BCUT2D eigenvalue weighted by atomic mass is 16.6. The summed E-state index contributed by atoms with van der Waals surface area (Å²) in [5, 5.41) is 32.8. The Balaban J connectivity index is 1.80. The van der Waals surface area contributed by atoms with Crippen LogP contribution in [0.15, 0.2) is 52.2 Å². The number of aromatic amines is 1. The van der Waals surface area contributed by atoms with Gasteiger partial charge in [-0.15, -0.1) is 0 Å². The standard InChI is InChI=1S/C17H19N3O7/c21-10-6-7-20(17(26)19-10)15-13(23)12(22)14(27-15)11(16(24)25)18-8-9-4-2-1-3-5-9/h1-7,11-15,18,22-23H,8H2,(H,24,25)(H,19,21,26)/t11?,12-,13+,14+,15+/m0/s1. The third-order valence-corrected chi connectivity index (χ3v) is 4.36. The fraction of sp³-hybridized carbons (Fsp3) is 0.353. The molecule has 144 valence electrons. The highest BCUT2D eigenvalue weighted by Gasteiger charge is 2.49. The fourth-order valence-electron chi connectivity index (χ4n) is 2.99. The SMILES string of the molecule is O=C(O)C(NCc1ccccc1)[C@H]1O[C@@H](n2ccc(=O)[nH]c2=O)[C@H](O)[C@@H]1O. The molecule has 2 aromatic rings. The zero-order chi connectivity index (χ0) is 19.6. The first-order chi connectivity index (χ1) is 12.9. The summed E-state index contributed by atoms with van der Waals surface area (Å²) < 4.78 is 6.40. The van der Waals surface area contributed by atoms with E-state index in [2.05, 4.69) is 5.32 Å². The molecule has 5 atom stereocenters. The molecular formula is C17H19N3O7. The van der Waals surface area contributed by atoms with Crippen molar-refractivity contribution in [3.8, 4) is 0 Å². The number of ether oxygens (including phenoxy) is 1. The molecule has 0 radical (unpaired) electrons. The number of aliphatic hydroxyl groups is 2. The van der Waals surface area contributed by atoms with Crippen LogP contribution in [-0.2, 0) is 16.1 Å². The van der Waals surface area contributed by atoms with E-state index in [9.17, 15) is 29.7 Å². The Hall–Kier alpha value is -2.79. The van der Waals surface area contributed by atoms with E-state index >= 15 is 0 Å². The number of benzene rings is 1. The Kier molecular flexibility index (Phi) is 5.51. The summed E-state index contributed by atoms with van der Waals surface area (Å²) >= 11 is 0. The predicted molar refractivity (Wildman–Crippen MR) is 92.0 cm³/mol. The van der Waals surface area contributed by atoms with Gasteiger partial charge < -0.3 is 20.1 Å². The number of carboxylic acids is 1. The second-order valence-electron chi connectivity index (χ2n) is 6.17. The van der Waals surface area contributed by atoms with Crippen LogP contribution in [0.1, 0.15) is 11.8 Å². The van der Waals surface area contributed by atoms with Gasteiger partial charge in [-0.05, 0) is 5.56 Å². The summed E-state index contributed by atoms with van der Waals surface area (Å²) in [6, 6.07) is 8.75. The minimum atomic E-state index is -1.56. The molecule has 0 saturated carbocycles. The van der Waals surface area contributed by atoms with Crippen LogP contribution in [0.3, 0.4) is 0 Å². The van der Waals surface area contributed by atoms with Crippen molar-refractivity contribution in [3.05, 3.63) is 69.0 Å². The molecule has 0 spiro atoms. The Morgan fingerprint density at radius 1 is 1.19 bits per heavy atom. The minimum absolute atomic E-state index is 0.198. The first-order valence-corrected chi connectivity index (χ1v) is 8.21. The lowest BCUT2D eigenvalue weighted by Gasteiger charge is -2.23. The van der Waals surface area contributed by atoms with Gasteiger partial charge in [0.1, 0.15) is 24.4 Å². The Morgan fingerprint density at radius 3 is 2.52 bits per heavy atom. The van der Waals surface area contributed by atoms with Crippen molar-refractivity contribution in [3.63, 3.8) is 0 Å². The Labute approximate surface area is 152 Å². The number of hydrogen-bond acceptors (Lipinski definition) is 7. The fourth-order valence-corrected chi connectivity index (χ4v) is 2.99. The van der Waals surface area contributed by atoms with E-state index < -0.39 is 47.8 Å². The van der Waals surface area contributed by atoms with Gasteiger partial charge in [-0.25, -0.2) is 4.79 Å². The molecule has 0 amide bonds. The van der Waals surface area contributed by atoms with Crippen LogP contribution in [0.2, 0.25) is 0 Å². The third kappa shape index (κ3) is 3.98. The first kappa shape index (κ1) is 19.0. The number of carboxylic acid groups (broad SMARTS) is 1. The van der Waals surface area contributed by atoms with Gasteiger partial charge in [0.25, 0.3) is 5.56 Å². The smallest absolute Gasteiger partial charge is 0.330 e. The molecule has 3 rings (SSSR count). The van der Waals surface area contributed by atoms with Crippen molar-refractivity contribution < 1.29 is 24.9 Å². The van der Waals surface area contributed by atoms with Crippen LogP contribution in [0.5, 0.6) is 0 Å². The van der Waals surface area contributed by atoms with E-state index in [1.165, 1.54) is 0 Å². The van der Waals surface area contributed by atoms with Crippen LogP contribution in [-0.4, -0.2) is 55.2 Å². The monoisotopic (exact) mass is 377 g/mol. The molecule has 2 heterocycles. The summed E-state index contributed by atoms with van der Waals surface area (Å²) in [7, 11) is 0. The van der Waals surface area contributed by atoms with Gasteiger partial charge in [0, 0.05) is 18.8 Å². The van der Waals surface area contributed by atoms with E-state index in [1.807, 2.05) is 11.1 Å². The molecule has 1 saturated heterocycles. The molecular weight excluding hydrogens is 358 g/mol. The molecule has 10 heteroatoms. The number of aliphatic hydroxyl groups excluding tert-OH is 2. The topological polar surface area (TPSA) is 154 Å². The zero-order valence-electron chi connectivity index (χ0n) is 14.1. The summed E-state index contributed by atoms with van der Waals surface area (Å²) in [5.41, 5.74) is -0.650. The molecule has 1 fully saturated rings. The maximum Gasteiger partial charge on any atom is 0.330 e. The number of aromatic nitrogens is 2. The normalized spacial score (nSPS) is 26.0. The predicted octanol–water partition coefficient (Wildman–Crippen LogP) is -1.60.